The van der Waals surface area contributed by atoms with Gasteiger partial charge in [-0.1, -0.05) is 37.5 Å². The van der Waals surface area contributed by atoms with Crippen molar-refractivity contribution in [3.63, 3.8) is 0 Å². The maximum atomic E-state index is 12.8. The number of thioether (sulfide) groups is 1. The quantitative estimate of drug-likeness (QED) is 0.649. The van der Waals surface area contributed by atoms with Gasteiger partial charge in [0.25, 0.3) is 0 Å². The molecule has 1 fully saturated rings. The first kappa shape index (κ1) is 16.0. The van der Waals surface area contributed by atoms with E-state index in [1.807, 2.05) is 18.2 Å². The second-order valence-corrected chi connectivity index (χ2v) is 6.93. The molecule has 2 aromatic rings. The number of tetrazole rings is 1. The molecule has 0 bridgehead atoms. The molecule has 6 nitrogen and oxygen atoms in total. The van der Waals surface area contributed by atoms with Gasteiger partial charge in [-0.05, 0) is 35.4 Å². The van der Waals surface area contributed by atoms with Crippen LogP contribution in [0, 0.1) is 0 Å². The minimum Gasteiger partial charge on any atom is -0.353 e. The van der Waals surface area contributed by atoms with E-state index in [1.165, 1.54) is 11.3 Å². The Balaban J connectivity index is 1.57. The van der Waals surface area contributed by atoms with E-state index in [0.717, 1.165) is 31.4 Å². The van der Waals surface area contributed by atoms with Crippen molar-refractivity contribution in [2.45, 2.75) is 42.5 Å². The summed E-state index contributed by atoms with van der Waals surface area (Å²) in [5.74, 6) is 0.889. The molecule has 1 heterocycles. The van der Waals surface area contributed by atoms with Gasteiger partial charge in [0.2, 0.25) is 5.91 Å². The van der Waals surface area contributed by atoms with Gasteiger partial charge in [-0.15, -0.1) is 16.9 Å². The minimum atomic E-state index is -0.612. The number of nitrogens with one attached hydrogen (secondary N) is 1. The molecule has 1 aliphatic carbocycles. The lowest BCUT2D eigenvalue weighted by molar-refractivity contribution is -0.132. The van der Waals surface area contributed by atoms with E-state index in [1.54, 1.807) is 22.8 Å². The Labute approximate surface area is 140 Å². The first-order valence-corrected chi connectivity index (χ1v) is 8.99. The molecule has 1 N–H and O–H groups in total. The zero-order valence-corrected chi connectivity index (χ0v) is 13.8. The highest BCUT2D eigenvalue weighted by Gasteiger charge is 2.42. The molecule has 1 amide bonds. The van der Waals surface area contributed by atoms with Crippen LogP contribution in [0.25, 0.3) is 0 Å². The smallest absolute Gasteiger partial charge is 0.248 e. The van der Waals surface area contributed by atoms with Crippen LogP contribution in [0.3, 0.4) is 0 Å². The topological polar surface area (TPSA) is 72.7 Å². The van der Waals surface area contributed by atoms with Crippen LogP contribution in [0.1, 0.15) is 32.1 Å². The van der Waals surface area contributed by atoms with E-state index in [9.17, 15) is 4.79 Å². The maximum absolute atomic E-state index is 12.8. The van der Waals surface area contributed by atoms with E-state index in [-0.39, 0.29) is 5.91 Å². The van der Waals surface area contributed by atoms with Gasteiger partial charge >= 0.3 is 0 Å². The highest BCUT2D eigenvalue weighted by molar-refractivity contribution is 7.99. The second-order valence-electron chi connectivity index (χ2n) is 5.76. The van der Waals surface area contributed by atoms with Crippen LogP contribution in [-0.2, 0) is 10.3 Å². The molecule has 0 saturated heterocycles. The van der Waals surface area contributed by atoms with Crippen LogP contribution in [0.5, 0.6) is 0 Å². The largest absolute Gasteiger partial charge is 0.353 e. The number of aromatic nitrogens is 4. The van der Waals surface area contributed by atoms with Gasteiger partial charge in [-0.2, -0.15) is 0 Å². The predicted molar refractivity (Wildman–Crippen MR) is 89.1 cm³/mol. The van der Waals surface area contributed by atoms with Crippen molar-refractivity contribution >= 4 is 17.7 Å². The van der Waals surface area contributed by atoms with Gasteiger partial charge in [0.05, 0.1) is 0 Å². The SMILES string of the molecule is O=C(NCCSc1ccccc1)C1(n2cnnn2)CCCCC1. The lowest BCUT2D eigenvalue weighted by Gasteiger charge is -2.35. The molecule has 3 rings (SSSR count). The Hall–Kier alpha value is -1.89. The molecule has 7 heteroatoms. The molecule has 1 aromatic heterocycles. The van der Waals surface area contributed by atoms with Gasteiger partial charge in [-0.25, -0.2) is 4.68 Å². The summed E-state index contributed by atoms with van der Waals surface area (Å²) in [6.45, 7) is 0.641. The number of carbonyl (C=O) groups is 1. The third-order valence-corrected chi connectivity index (χ3v) is 5.30. The summed E-state index contributed by atoms with van der Waals surface area (Å²) >= 11 is 1.74. The third-order valence-electron chi connectivity index (χ3n) is 4.29. The highest BCUT2D eigenvalue weighted by atomic mass is 32.2. The zero-order valence-electron chi connectivity index (χ0n) is 13.0. The number of benzene rings is 1. The van der Waals surface area contributed by atoms with Crippen LogP contribution in [0.15, 0.2) is 41.6 Å². The van der Waals surface area contributed by atoms with Crippen LogP contribution in [0.4, 0.5) is 0 Å². The lowest BCUT2D eigenvalue weighted by Crippen LogP contribution is -2.50. The standard InChI is InChI=1S/C16H21N5OS/c22-15(17-11-12-23-14-7-3-1-4-8-14)16(9-5-2-6-10-16)21-13-18-19-20-21/h1,3-4,7-8,13H,2,5-6,9-12H2,(H,17,22). The number of amides is 1. The number of hydrogen-bond donors (Lipinski definition) is 1. The summed E-state index contributed by atoms with van der Waals surface area (Å²) in [7, 11) is 0. The summed E-state index contributed by atoms with van der Waals surface area (Å²) in [4.78, 5) is 14.0. The Morgan fingerprint density at radius 3 is 2.70 bits per heavy atom. The number of carbonyl (C=O) groups excluding carboxylic acids is 1. The highest BCUT2D eigenvalue weighted by Crippen LogP contribution is 2.34. The Kier molecular flexibility index (Phi) is 5.27. The number of hydrogen-bond acceptors (Lipinski definition) is 5. The van der Waals surface area contributed by atoms with Gasteiger partial charge in [-0.3, -0.25) is 4.79 Å². The molecule has 0 unspecified atom stereocenters. The average Bonchev–Trinajstić information content (AvgIpc) is 3.15. The molecule has 1 saturated carbocycles. The Morgan fingerprint density at radius 2 is 2.00 bits per heavy atom. The molecule has 1 aliphatic rings. The Bertz CT molecular complexity index is 611. The molecule has 0 atom stereocenters. The van der Waals surface area contributed by atoms with Crippen molar-refractivity contribution in [3.8, 4) is 0 Å². The van der Waals surface area contributed by atoms with Crippen LogP contribution in [-0.4, -0.2) is 38.4 Å². The number of nitrogens with zero attached hydrogens (tertiary/aromatic N) is 4. The summed E-state index contributed by atoms with van der Waals surface area (Å²) in [6.07, 6.45) is 6.40. The summed E-state index contributed by atoms with van der Waals surface area (Å²) < 4.78 is 1.64. The second kappa shape index (κ2) is 7.59. The monoisotopic (exact) mass is 331 g/mol. The van der Waals surface area contributed by atoms with Crippen LogP contribution in [0.2, 0.25) is 0 Å². The van der Waals surface area contributed by atoms with Crippen molar-refractivity contribution in [1.29, 1.82) is 0 Å². The molecular formula is C16H21N5OS. The number of rotatable bonds is 6. The first-order valence-electron chi connectivity index (χ1n) is 8.01. The zero-order chi connectivity index (χ0) is 16.0. The molecule has 0 radical (unpaired) electrons. The van der Waals surface area contributed by atoms with Gasteiger partial charge in [0, 0.05) is 17.2 Å². The molecule has 23 heavy (non-hydrogen) atoms. The fourth-order valence-corrected chi connectivity index (χ4v) is 3.86. The molecule has 0 spiro atoms. The molecular weight excluding hydrogens is 310 g/mol. The van der Waals surface area contributed by atoms with E-state index >= 15 is 0 Å². The average molecular weight is 331 g/mol. The van der Waals surface area contributed by atoms with Crippen molar-refractivity contribution in [1.82, 2.24) is 25.5 Å². The van der Waals surface area contributed by atoms with Gasteiger partial charge < -0.3 is 5.32 Å². The van der Waals surface area contributed by atoms with E-state index in [4.69, 9.17) is 0 Å². The summed E-state index contributed by atoms with van der Waals surface area (Å²) in [5.41, 5.74) is -0.612. The van der Waals surface area contributed by atoms with E-state index in [2.05, 4.69) is 33.0 Å². The van der Waals surface area contributed by atoms with E-state index in [0.29, 0.717) is 6.54 Å². The molecule has 122 valence electrons. The van der Waals surface area contributed by atoms with Gasteiger partial charge in [0.1, 0.15) is 11.9 Å². The fourth-order valence-electron chi connectivity index (χ4n) is 3.07. The van der Waals surface area contributed by atoms with E-state index < -0.39 is 5.54 Å². The third kappa shape index (κ3) is 3.72. The summed E-state index contributed by atoms with van der Waals surface area (Å²) in [6, 6.07) is 10.2. The van der Waals surface area contributed by atoms with Crippen molar-refractivity contribution in [3.05, 3.63) is 36.7 Å². The van der Waals surface area contributed by atoms with Crippen molar-refractivity contribution in [2.75, 3.05) is 12.3 Å². The van der Waals surface area contributed by atoms with Crippen LogP contribution < -0.4 is 5.32 Å². The van der Waals surface area contributed by atoms with Crippen molar-refractivity contribution in [2.24, 2.45) is 0 Å². The predicted octanol–water partition coefficient (Wildman–Crippen LogP) is 2.24. The van der Waals surface area contributed by atoms with Crippen LogP contribution >= 0.6 is 11.8 Å². The normalized spacial score (nSPS) is 16.9. The minimum absolute atomic E-state index is 0.0400. The van der Waals surface area contributed by atoms with Gasteiger partial charge in [0.15, 0.2) is 0 Å². The fraction of sp³-hybridized carbons (Fsp3) is 0.500. The summed E-state index contributed by atoms with van der Waals surface area (Å²) in [5, 5.41) is 14.5. The first-order chi connectivity index (χ1) is 11.3. The molecule has 1 aromatic carbocycles. The lowest BCUT2D eigenvalue weighted by atomic mass is 9.81. The molecule has 0 aliphatic heterocycles. The maximum Gasteiger partial charge on any atom is 0.248 e. The van der Waals surface area contributed by atoms with Crippen molar-refractivity contribution < 1.29 is 4.79 Å². The Morgan fingerprint density at radius 1 is 1.22 bits per heavy atom.